The summed E-state index contributed by atoms with van der Waals surface area (Å²) >= 11 is 0. The van der Waals surface area contributed by atoms with Gasteiger partial charge in [-0.15, -0.1) is 0 Å². The summed E-state index contributed by atoms with van der Waals surface area (Å²) in [4.78, 5) is 15.1. The lowest BCUT2D eigenvalue weighted by Crippen LogP contribution is -2.17. The van der Waals surface area contributed by atoms with Crippen LogP contribution in [0.3, 0.4) is 0 Å². The lowest BCUT2D eigenvalue weighted by molar-refractivity contribution is 0.0955. The predicted octanol–water partition coefficient (Wildman–Crippen LogP) is 1.37. The molecule has 1 heterocycles. The van der Waals surface area contributed by atoms with Crippen LogP contribution in [0.5, 0.6) is 0 Å². The van der Waals surface area contributed by atoms with E-state index in [1.807, 2.05) is 13.0 Å². The molecule has 0 aliphatic carbocycles. The number of pyridine rings is 1. The highest BCUT2D eigenvalue weighted by atomic mass is 16.2. The van der Waals surface area contributed by atoms with E-state index in [1.165, 1.54) is 12.4 Å². The van der Waals surface area contributed by atoms with Crippen molar-refractivity contribution in [3.8, 4) is 0 Å². The molecule has 0 radical (unpaired) electrons. The number of hydrogen-bond acceptors (Lipinski definition) is 3. The number of carbonyl (C=O) groups excluding carboxylic acids is 1. The standard InChI is InChI=1S/C10H11N3O/c1-2-3-7-12-13-10(14)9-5-4-6-11-8-9/h2-8H,1H3,(H,13,14)/b3-2+,12-7+. The summed E-state index contributed by atoms with van der Waals surface area (Å²) in [5.74, 6) is -0.265. The van der Waals surface area contributed by atoms with Crippen LogP contribution in [-0.4, -0.2) is 17.1 Å². The molecule has 0 saturated carbocycles. The van der Waals surface area contributed by atoms with Crippen LogP contribution in [0.2, 0.25) is 0 Å². The van der Waals surface area contributed by atoms with Crippen molar-refractivity contribution >= 4 is 12.1 Å². The lowest BCUT2D eigenvalue weighted by atomic mass is 10.3. The summed E-state index contributed by atoms with van der Waals surface area (Å²) in [6, 6.07) is 3.37. The van der Waals surface area contributed by atoms with Gasteiger partial charge in [0.25, 0.3) is 5.91 Å². The second-order valence-electron chi connectivity index (χ2n) is 2.49. The molecule has 0 unspecified atom stereocenters. The summed E-state index contributed by atoms with van der Waals surface area (Å²) in [6.07, 6.45) is 8.15. The molecule has 0 atom stereocenters. The van der Waals surface area contributed by atoms with E-state index in [4.69, 9.17) is 0 Å². The topological polar surface area (TPSA) is 54.4 Å². The molecule has 4 nitrogen and oxygen atoms in total. The third-order valence-corrected chi connectivity index (χ3v) is 1.44. The first-order chi connectivity index (χ1) is 6.84. The first-order valence-corrected chi connectivity index (χ1v) is 4.19. The largest absolute Gasteiger partial charge is 0.272 e. The zero-order valence-electron chi connectivity index (χ0n) is 7.84. The van der Waals surface area contributed by atoms with E-state index in [2.05, 4.69) is 15.5 Å². The van der Waals surface area contributed by atoms with Gasteiger partial charge in [-0.25, -0.2) is 5.43 Å². The minimum Gasteiger partial charge on any atom is -0.267 e. The molecule has 1 aromatic heterocycles. The third-order valence-electron chi connectivity index (χ3n) is 1.44. The number of hydrazone groups is 1. The molecule has 4 heteroatoms. The SMILES string of the molecule is C/C=C/C=N/NC(=O)c1cccnc1. The van der Waals surface area contributed by atoms with Crippen LogP contribution in [0.15, 0.2) is 41.8 Å². The van der Waals surface area contributed by atoms with Crippen molar-refractivity contribution in [3.05, 3.63) is 42.2 Å². The van der Waals surface area contributed by atoms with Gasteiger partial charge < -0.3 is 0 Å². The molecule has 0 saturated heterocycles. The van der Waals surface area contributed by atoms with Gasteiger partial charge in [0.05, 0.1) is 5.56 Å². The van der Waals surface area contributed by atoms with E-state index < -0.39 is 0 Å². The Morgan fingerprint density at radius 3 is 3.14 bits per heavy atom. The van der Waals surface area contributed by atoms with Gasteiger partial charge in [0, 0.05) is 18.6 Å². The van der Waals surface area contributed by atoms with Crippen molar-refractivity contribution in [2.24, 2.45) is 5.10 Å². The quantitative estimate of drug-likeness (QED) is 0.576. The van der Waals surface area contributed by atoms with Crippen LogP contribution in [-0.2, 0) is 0 Å². The Kier molecular flexibility index (Phi) is 4.07. The molecule has 14 heavy (non-hydrogen) atoms. The van der Waals surface area contributed by atoms with E-state index in [1.54, 1.807) is 24.4 Å². The summed E-state index contributed by atoms with van der Waals surface area (Å²) in [7, 11) is 0. The molecule has 72 valence electrons. The van der Waals surface area contributed by atoms with E-state index in [9.17, 15) is 4.79 Å². The zero-order valence-corrected chi connectivity index (χ0v) is 7.84. The van der Waals surface area contributed by atoms with Crippen molar-refractivity contribution in [3.63, 3.8) is 0 Å². The van der Waals surface area contributed by atoms with Gasteiger partial charge in [-0.1, -0.05) is 6.08 Å². The maximum Gasteiger partial charge on any atom is 0.272 e. The number of aromatic nitrogens is 1. The highest BCUT2D eigenvalue weighted by molar-refractivity contribution is 5.94. The Bertz CT molecular complexity index is 344. The molecule has 0 fully saturated rings. The normalized spacial score (nSPS) is 10.9. The summed E-state index contributed by atoms with van der Waals surface area (Å²) in [5.41, 5.74) is 2.86. The van der Waals surface area contributed by atoms with Gasteiger partial charge in [0.2, 0.25) is 0 Å². The van der Waals surface area contributed by atoms with Crippen molar-refractivity contribution in [2.45, 2.75) is 6.92 Å². The molecule has 0 aromatic carbocycles. The molecular formula is C10H11N3O. The van der Waals surface area contributed by atoms with Crippen molar-refractivity contribution in [1.29, 1.82) is 0 Å². The van der Waals surface area contributed by atoms with Crippen LogP contribution < -0.4 is 5.43 Å². The highest BCUT2D eigenvalue weighted by Gasteiger charge is 2.01. The van der Waals surface area contributed by atoms with Crippen molar-refractivity contribution in [1.82, 2.24) is 10.4 Å². The molecule has 1 aromatic rings. The number of carbonyl (C=O) groups is 1. The van der Waals surface area contributed by atoms with Crippen LogP contribution in [0.1, 0.15) is 17.3 Å². The number of allylic oxidation sites excluding steroid dienone is 2. The fraction of sp³-hybridized carbons (Fsp3) is 0.100. The molecular weight excluding hydrogens is 178 g/mol. The van der Waals surface area contributed by atoms with E-state index >= 15 is 0 Å². The van der Waals surface area contributed by atoms with Gasteiger partial charge in [-0.05, 0) is 25.1 Å². The lowest BCUT2D eigenvalue weighted by Gasteiger charge is -1.96. The van der Waals surface area contributed by atoms with E-state index in [-0.39, 0.29) is 5.91 Å². The molecule has 1 N–H and O–H groups in total. The zero-order chi connectivity index (χ0) is 10.2. The summed E-state index contributed by atoms with van der Waals surface area (Å²) < 4.78 is 0. The number of nitrogens with one attached hydrogen (secondary N) is 1. The van der Waals surface area contributed by atoms with Gasteiger partial charge in [0.1, 0.15) is 0 Å². The van der Waals surface area contributed by atoms with Gasteiger partial charge >= 0.3 is 0 Å². The smallest absolute Gasteiger partial charge is 0.267 e. The third kappa shape index (κ3) is 3.18. The van der Waals surface area contributed by atoms with E-state index in [0.29, 0.717) is 5.56 Å². The minimum absolute atomic E-state index is 0.265. The molecule has 0 bridgehead atoms. The first-order valence-electron chi connectivity index (χ1n) is 4.19. The second-order valence-corrected chi connectivity index (χ2v) is 2.49. The van der Waals surface area contributed by atoms with Crippen LogP contribution in [0.4, 0.5) is 0 Å². The number of nitrogens with zero attached hydrogens (tertiary/aromatic N) is 2. The van der Waals surface area contributed by atoms with Gasteiger partial charge in [-0.3, -0.25) is 9.78 Å². The Balaban J connectivity index is 2.52. The van der Waals surface area contributed by atoms with Crippen LogP contribution in [0.25, 0.3) is 0 Å². The first kappa shape index (κ1) is 10.1. The molecule has 0 spiro atoms. The monoisotopic (exact) mass is 189 g/mol. The Labute approximate surface area is 82.4 Å². The fourth-order valence-electron chi connectivity index (χ4n) is 0.787. The van der Waals surface area contributed by atoms with Gasteiger partial charge in [0.15, 0.2) is 0 Å². The summed E-state index contributed by atoms with van der Waals surface area (Å²) in [5, 5.41) is 3.70. The molecule has 0 aliphatic rings. The maximum atomic E-state index is 11.3. The average molecular weight is 189 g/mol. The second kappa shape index (κ2) is 5.64. The highest BCUT2D eigenvalue weighted by Crippen LogP contribution is 1.94. The Morgan fingerprint density at radius 2 is 2.50 bits per heavy atom. The van der Waals surface area contributed by atoms with Crippen molar-refractivity contribution in [2.75, 3.05) is 0 Å². The average Bonchev–Trinajstić information content (AvgIpc) is 2.25. The predicted molar refractivity (Wildman–Crippen MR) is 55.0 cm³/mol. The van der Waals surface area contributed by atoms with E-state index in [0.717, 1.165) is 0 Å². The van der Waals surface area contributed by atoms with Crippen LogP contribution in [0, 0.1) is 0 Å². The molecule has 0 aliphatic heterocycles. The number of rotatable bonds is 3. The Morgan fingerprint density at radius 1 is 1.64 bits per heavy atom. The summed E-state index contributed by atoms with van der Waals surface area (Å²) in [6.45, 7) is 1.87. The number of amides is 1. The van der Waals surface area contributed by atoms with Crippen LogP contribution >= 0.6 is 0 Å². The molecule has 1 amide bonds. The van der Waals surface area contributed by atoms with Crippen molar-refractivity contribution < 1.29 is 4.79 Å². The fourth-order valence-corrected chi connectivity index (χ4v) is 0.787. The maximum absolute atomic E-state index is 11.3. The van der Waals surface area contributed by atoms with Gasteiger partial charge in [-0.2, -0.15) is 5.10 Å². The number of hydrogen-bond donors (Lipinski definition) is 1. The minimum atomic E-state index is -0.265. The Hall–Kier alpha value is -1.97. The molecule has 1 rings (SSSR count).